The van der Waals surface area contributed by atoms with Crippen LogP contribution in [0.15, 0.2) is 0 Å². The van der Waals surface area contributed by atoms with Crippen molar-refractivity contribution in [2.24, 2.45) is 0 Å². The van der Waals surface area contributed by atoms with Crippen molar-refractivity contribution in [3.63, 3.8) is 0 Å². The first-order chi connectivity index (χ1) is 8.96. The monoisotopic (exact) mass is 292 g/mol. The largest absolute Gasteiger partial charge is 0.383 e. The van der Waals surface area contributed by atoms with E-state index in [1.165, 1.54) is 6.26 Å². The van der Waals surface area contributed by atoms with Crippen LogP contribution >= 0.6 is 0 Å². The smallest absolute Gasteiger partial charge is 0.147 e. The molecule has 1 aliphatic rings. The molecule has 1 atom stereocenters. The zero-order valence-corrected chi connectivity index (χ0v) is 13.3. The second-order valence-corrected chi connectivity index (χ2v) is 7.63. The average molecular weight is 292 g/mol. The predicted molar refractivity (Wildman–Crippen MR) is 78.3 cm³/mol. The average Bonchev–Trinajstić information content (AvgIpc) is 2.35. The van der Waals surface area contributed by atoms with Gasteiger partial charge in [-0.2, -0.15) is 0 Å². The van der Waals surface area contributed by atoms with E-state index in [1.54, 1.807) is 7.11 Å². The molecular weight excluding hydrogens is 264 g/mol. The molecule has 114 valence electrons. The van der Waals surface area contributed by atoms with Gasteiger partial charge in [0.15, 0.2) is 0 Å². The summed E-state index contributed by atoms with van der Waals surface area (Å²) in [6, 6.07) is 0.571. The Morgan fingerprint density at radius 2 is 2.00 bits per heavy atom. The van der Waals surface area contributed by atoms with Crippen LogP contribution in [0.25, 0.3) is 0 Å². The number of hydrogen-bond donors (Lipinski definition) is 0. The third-order valence-corrected chi connectivity index (χ3v) is 4.76. The molecule has 0 bridgehead atoms. The molecule has 5 nitrogen and oxygen atoms in total. The van der Waals surface area contributed by atoms with Crippen LogP contribution in [0, 0.1) is 0 Å². The molecule has 1 saturated heterocycles. The molecule has 1 aliphatic heterocycles. The van der Waals surface area contributed by atoms with Gasteiger partial charge >= 0.3 is 0 Å². The summed E-state index contributed by atoms with van der Waals surface area (Å²) < 4.78 is 27.4. The minimum Gasteiger partial charge on any atom is -0.383 e. The summed E-state index contributed by atoms with van der Waals surface area (Å²) in [7, 11) is -1.08. The summed E-state index contributed by atoms with van der Waals surface area (Å²) in [5.41, 5.74) is 0. The highest BCUT2D eigenvalue weighted by atomic mass is 32.2. The van der Waals surface area contributed by atoms with Crippen LogP contribution < -0.4 is 0 Å². The zero-order chi connectivity index (χ0) is 14.3. The molecule has 1 fully saturated rings. The second-order valence-electron chi connectivity index (χ2n) is 5.37. The van der Waals surface area contributed by atoms with Gasteiger partial charge in [-0.05, 0) is 19.4 Å². The van der Waals surface area contributed by atoms with Gasteiger partial charge in [-0.15, -0.1) is 0 Å². The lowest BCUT2D eigenvalue weighted by Gasteiger charge is -2.41. The van der Waals surface area contributed by atoms with E-state index in [-0.39, 0.29) is 0 Å². The number of piperazine rings is 1. The van der Waals surface area contributed by atoms with E-state index in [4.69, 9.17) is 4.74 Å². The molecule has 1 rings (SSSR count). The standard InChI is InChI=1S/C13H28N2O3S/c1-4-13-12-14(6-5-11-19(3,16)17)7-8-15(13)9-10-18-2/h13H,4-12H2,1-3H3/t13-/m0/s1. The number of ether oxygens (including phenoxy) is 1. The lowest BCUT2D eigenvalue weighted by molar-refractivity contribution is 0.0500. The van der Waals surface area contributed by atoms with Crippen molar-refractivity contribution in [2.75, 3.05) is 58.4 Å². The number of methoxy groups -OCH3 is 1. The first-order valence-electron chi connectivity index (χ1n) is 7.09. The Balaban J connectivity index is 2.33. The van der Waals surface area contributed by atoms with E-state index >= 15 is 0 Å². The summed E-state index contributed by atoms with van der Waals surface area (Å²) in [4.78, 5) is 4.87. The van der Waals surface area contributed by atoms with Gasteiger partial charge in [0.2, 0.25) is 0 Å². The molecule has 0 amide bonds. The minimum atomic E-state index is -2.82. The lowest BCUT2D eigenvalue weighted by atomic mass is 10.1. The topological polar surface area (TPSA) is 49.9 Å². The third kappa shape index (κ3) is 6.70. The van der Waals surface area contributed by atoms with E-state index in [2.05, 4.69) is 16.7 Å². The van der Waals surface area contributed by atoms with Crippen LogP contribution in [-0.2, 0) is 14.6 Å². The fourth-order valence-corrected chi connectivity index (χ4v) is 3.25. The van der Waals surface area contributed by atoms with E-state index < -0.39 is 9.84 Å². The SMILES string of the molecule is CC[C@H]1CN(CCCS(C)(=O)=O)CCN1CCOC. The first kappa shape index (κ1) is 16.9. The van der Waals surface area contributed by atoms with Crippen LogP contribution in [0.1, 0.15) is 19.8 Å². The Hall–Kier alpha value is -0.170. The quantitative estimate of drug-likeness (QED) is 0.651. The Kier molecular flexibility index (Phi) is 7.28. The molecule has 0 radical (unpaired) electrons. The van der Waals surface area contributed by atoms with Gasteiger partial charge in [0.25, 0.3) is 0 Å². The van der Waals surface area contributed by atoms with Gasteiger partial charge in [0.05, 0.1) is 12.4 Å². The molecule has 6 heteroatoms. The molecule has 0 unspecified atom stereocenters. The van der Waals surface area contributed by atoms with Crippen molar-refractivity contribution in [3.8, 4) is 0 Å². The van der Waals surface area contributed by atoms with E-state index in [0.29, 0.717) is 11.8 Å². The molecule has 0 saturated carbocycles. The van der Waals surface area contributed by atoms with Crippen LogP contribution in [0.2, 0.25) is 0 Å². The van der Waals surface area contributed by atoms with Crippen molar-refractivity contribution in [3.05, 3.63) is 0 Å². The first-order valence-corrected chi connectivity index (χ1v) is 9.15. The Morgan fingerprint density at radius 1 is 1.26 bits per heavy atom. The zero-order valence-electron chi connectivity index (χ0n) is 12.5. The maximum absolute atomic E-state index is 11.1. The molecule has 0 aromatic heterocycles. The Bertz CT molecular complexity index is 346. The van der Waals surface area contributed by atoms with Crippen molar-refractivity contribution < 1.29 is 13.2 Å². The minimum absolute atomic E-state index is 0.299. The summed E-state index contributed by atoms with van der Waals surface area (Å²) in [5.74, 6) is 0.299. The summed E-state index contributed by atoms with van der Waals surface area (Å²) in [6.07, 6.45) is 3.18. The van der Waals surface area contributed by atoms with Crippen molar-refractivity contribution in [1.29, 1.82) is 0 Å². The van der Waals surface area contributed by atoms with Crippen molar-refractivity contribution >= 4 is 9.84 Å². The third-order valence-electron chi connectivity index (χ3n) is 3.73. The Morgan fingerprint density at radius 3 is 2.58 bits per heavy atom. The fraction of sp³-hybridized carbons (Fsp3) is 1.00. The van der Waals surface area contributed by atoms with Crippen LogP contribution in [0.5, 0.6) is 0 Å². The van der Waals surface area contributed by atoms with Gasteiger partial charge in [-0.25, -0.2) is 8.42 Å². The highest BCUT2D eigenvalue weighted by Crippen LogP contribution is 2.13. The molecule has 0 N–H and O–H groups in total. The predicted octanol–water partition coefficient (Wildman–Crippen LogP) is 0.464. The van der Waals surface area contributed by atoms with Gasteiger partial charge in [0.1, 0.15) is 9.84 Å². The molecular formula is C13H28N2O3S. The maximum atomic E-state index is 11.1. The molecule has 1 heterocycles. The van der Waals surface area contributed by atoms with Gasteiger partial charge in [-0.1, -0.05) is 6.92 Å². The van der Waals surface area contributed by atoms with E-state index in [1.807, 2.05) is 0 Å². The van der Waals surface area contributed by atoms with Gasteiger partial charge in [0, 0.05) is 45.6 Å². The van der Waals surface area contributed by atoms with E-state index in [9.17, 15) is 8.42 Å². The summed E-state index contributed by atoms with van der Waals surface area (Å²) in [6.45, 7) is 8.01. The highest BCUT2D eigenvalue weighted by Gasteiger charge is 2.25. The molecule has 0 aromatic carbocycles. The second kappa shape index (κ2) is 8.19. The summed E-state index contributed by atoms with van der Waals surface area (Å²) >= 11 is 0. The van der Waals surface area contributed by atoms with Crippen LogP contribution in [0.3, 0.4) is 0 Å². The van der Waals surface area contributed by atoms with Crippen molar-refractivity contribution in [2.45, 2.75) is 25.8 Å². The number of sulfone groups is 1. The van der Waals surface area contributed by atoms with Crippen LogP contribution in [0.4, 0.5) is 0 Å². The van der Waals surface area contributed by atoms with E-state index in [0.717, 1.165) is 52.2 Å². The number of hydrogen-bond acceptors (Lipinski definition) is 5. The summed E-state index contributed by atoms with van der Waals surface area (Å²) in [5, 5.41) is 0. The fourth-order valence-electron chi connectivity index (χ4n) is 2.60. The number of nitrogens with zero attached hydrogens (tertiary/aromatic N) is 2. The Labute approximate surface area is 117 Å². The van der Waals surface area contributed by atoms with Crippen molar-refractivity contribution in [1.82, 2.24) is 9.80 Å². The van der Waals surface area contributed by atoms with Crippen LogP contribution in [-0.4, -0.2) is 82.7 Å². The number of rotatable bonds is 8. The normalized spacial score (nSPS) is 22.8. The van der Waals surface area contributed by atoms with Gasteiger partial charge < -0.3 is 9.64 Å². The molecule has 0 aromatic rings. The highest BCUT2D eigenvalue weighted by molar-refractivity contribution is 7.90. The maximum Gasteiger partial charge on any atom is 0.147 e. The molecule has 19 heavy (non-hydrogen) atoms. The molecule has 0 spiro atoms. The molecule has 0 aliphatic carbocycles. The lowest BCUT2D eigenvalue weighted by Crippen LogP contribution is -2.53. The van der Waals surface area contributed by atoms with Gasteiger partial charge in [-0.3, -0.25) is 4.90 Å².